The van der Waals surface area contributed by atoms with E-state index in [9.17, 15) is 9.59 Å². The highest BCUT2D eigenvalue weighted by atomic mass is 16.5. The van der Waals surface area contributed by atoms with Crippen LogP contribution in [0.15, 0.2) is 24.3 Å². The Morgan fingerprint density at radius 2 is 1.92 bits per heavy atom. The number of nitrogens with zero attached hydrogens (tertiary/aromatic N) is 1. The second-order valence-corrected chi connectivity index (χ2v) is 5.98. The number of nitrogens with two attached hydrogens (primary N) is 1. The topological polar surface area (TPSA) is 84.7 Å². The summed E-state index contributed by atoms with van der Waals surface area (Å²) in [5, 5.41) is 2.98. The van der Waals surface area contributed by atoms with Crippen LogP contribution >= 0.6 is 0 Å². The van der Waals surface area contributed by atoms with Crippen LogP contribution in [-0.4, -0.2) is 43.5 Å². The molecule has 0 heterocycles. The molecule has 134 valence electrons. The third-order valence-corrected chi connectivity index (χ3v) is 3.81. The molecule has 0 aliphatic rings. The summed E-state index contributed by atoms with van der Waals surface area (Å²) in [6.45, 7) is 3.94. The number of para-hydroxylation sites is 1. The molecule has 0 radical (unpaired) electrons. The summed E-state index contributed by atoms with van der Waals surface area (Å²) in [5.41, 5.74) is 6.74. The second-order valence-electron chi connectivity index (χ2n) is 5.98. The van der Waals surface area contributed by atoms with Gasteiger partial charge in [-0.2, -0.15) is 0 Å². The predicted octanol–water partition coefficient (Wildman–Crippen LogP) is 1.85. The molecule has 6 nitrogen and oxygen atoms in total. The summed E-state index contributed by atoms with van der Waals surface area (Å²) >= 11 is 0. The Kier molecular flexibility index (Phi) is 8.26. The summed E-state index contributed by atoms with van der Waals surface area (Å²) in [5.74, 6) is 0.318. The molecule has 1 rings (SSSR count). The molecule has 0 aliphatic heterocycles. The Morgan fingerprint density at radius 1 is 1.25 bits per heavy atom. The summed E-state index contributed by atoms with van der Waals surface area (Å²) in [7, 11) is 3.36. The number of amides is 2. The van der Waals surface area contributed by atoms with Gasteiger partial charge in [-0.15, -0.1) is 0 Å². The first kappa shape index (κ1) is 20.0. The molecule has 0 fully saturated rings. The molecule has 1 aromatic carbocycles. The molecule has 2 unspecified atom stereocenters. The first-order valence-electron chi connectivity index (χ1n) is 8.38. The Morgan fingerprint density at radius 3 is 2.50 bits per heavy atom. The normalized spacial score (nSPS) is 13.0. The van der Waals surface area contributed by atoms with Crippen molar-refractivity contribution in [3.05, 3.63) is 29.8 Å². The number of hydrogen-bond acceptors (Lipinski definition) is 4. The minimum atomic E-state index is -0.507. The molecule has 0 spiro atoms. The van der Waals surface area contributed by atoms with E-state index < -0.39 is 6.04 Å². The lowest BCUT2D eigenvalue weighted by Gasteiger charge is -2.22. The van der Waals surface area contributed by atoms with Crippen molar-refractivity contribution in [2.75, 3.05) is 20.7 Å². The highest BCUT2D eigenvalue weighted by molar-refractivity contribution is 5.82. The lowest BCUT2D eigenvalue weighted by atomic mass is 10.0. The summed E-state index contributed by atoms with van der Waals surface area (Å²) in [6.07, 6.45) is 2.21. The minimum Gasteiger partial charge on any atom is -0.483 e. The summed E-state index contributed by atoms with van der Waals surface area (Å²) in [6, 6.07) is 6.72. The van der Waals surface area contributed by atoms with Crippen molar-refractivity contribution < 1.29 is 14.3 Å². The van der Waals surface area contributed by atoms with Crippen LogP contribution in [0.25, 0.3) is 0 Å². The number of likely N-dealkylation sites (N-methyl/N-ethyl adjacent to an activating group) is 1. The third-order valence-electron chi connectivity index (χ3n) is 3.81. The highest BCUT2D eigenvalue weighted by Crippen LogP contribution is 2.27. The molecular weight excluding hydrogens is 306 g/mol. The van der Waals surface area contributed by atoms with Crippen molar-refractivity contribution in [3.63, 3.8) is 0 Å². The molecule has 0 aliphatic carbocycles. The average molecular weight is 335 g/mol. The molecule has 0 saturated carbocycles. The van der Waals surface area contributed by atoms with Gasteiger partial charge in [0, 0.05) is 19.7 Å². The zero-order chi connectivity index (χ0) is 18.1. The smallest absolute Gasteiger partial charge is 0.259 e. The molecule has 0 bridgehead atoms. The fourth-order valence-corrected chi connectivity index (χ4v) is 2.29. The Balaban J connectivity index is 2.85. The van der Waals surface area contributed by atoms with Gasteiger partial charge in [0.2, 0.25) is 5.91 Å². The van der Waals surface area contributed by atoms with Crippen LogP contribution in [0.3, 0.4) is 0 Å². The number of rotatable bonds is 9. The van der Waals surface area contributed by atoms with Crippen LogP contribution < -0.4 is 15.8 Å². The largest absolute Gasteiger partial charge is 0.483 e. The maximum atomic E-state index is 12.2. The van der Waals surface area contributed by atoms with Gasteiger partial charge in [-0.3, -0.25) is 9.59 Å². The molecule has 0 aromatic heterocycles. The van der Waals surface area contributed by atoms with E-state index in [-0.39, 0.29) is 24.5 Å². The van der Waals surface area contributed by atoms with Gasteiger partial charge < -0.3 is 20.7 Å². The van der Waals surface area contributed by atoms with E-state index in [0.717, 1.165) is 12.0 Å². The molecule has 6 heteroatoms. The zero-order valence-electron chi connectivity index (χ0n) is 15.0. The van der Waals surface area contributed by atoms with E-state index >= 15 is 0 Å². The van der Waals surface area contributed by atoms with Gasteiger partial charge in [0.15, 0.2) is 6.61 Å². The van der Waals surface area contributed by atoms with Gasteiger partial charge in [0.1, 0.15) is 5.75 Å². The van der Waals surface area contributed by atoms with Crippen molar-refractivity contribution in [1.82, 2.24) is 10.2 Å². The summed E-state index contributed by atoms with van der Waals surface area (Å²) in [4.78, 5) is 25.4. The Bertz CT molecular complexity index is 546. The first-order chi connectivity index (χ1) is 11.4. The molecule has 2 atom stereocenters. The SMILES string of the molecule is CCCC(N)C(=O)NC(CC)c1ccccc1OCC(=O)N(C)C. The van der Waals surface area contributed by atoms with Gasteiger partial charge in [-0.1, -0.05) is 38.5 Å². The molecular formula is C18H29N3O3. The fraction of sp³-hybridized carbons (Fsp3) is 0.556. The first-order valence-corrected chi connectivity index (χ1v) is 8.38. The number of ether oxygens (including phenoxy) is 1. The van der Waals surface area contributed by atoms with Crippen LogP contribution in [0, 0.1) is 0 Å². The van der Waals surface area contributed by atoms with E-state index in [4.69, 9.17) is 10.5 Å². The number of nitrogens with one attached hydrogen (secondary N) is 1. The minimum absolute atomic E-state index is 0.0380. The lowest BCUT2D eigenvalue weighted by Crippen LogP contribution is -2.42. The highest BCUT2D eigenvalue weighted by Gasteiger charge is 2.20. The van der Waals surface area contributed by atoms with Gasteiger partial charge in [0.05, 0.1) is 12.1 Å². The fourth-order valence-electron chi connectivity index (χ4n) is 2.29. The molecule has 2 amide bonds. The second kappa shape index (κ2) is 9.93. The van der Waals surface area contributed by atoms with E-state index in [1.54, 1.807) is 20.2 Å². The van der Waals surface area contributed by atoms with E-state index in [1.165, 1.54) is 4.90 Å². The predicted molar refractivity (Wildman–Crippen MR) is 94.7 cm³/mol. The molecule has 1 aromatic rings. The summed E-state index contributed by atoms with van der Waals surface area (Å²) < 4.78 is 5.66. The van der Waals surface area contributed by atoms with Gasteiger partial charge in [0.25, 0.3) is 5.91 Å². The lowest BCUT2D eigenvalue weighted by molar-refractivity contribution is -0.130. The van der Waals surface area contributed by atoms with Crippen LogP contribution in [0.1, 0.15) is 44.7 Å². The number of benzene rings is 1. The number of carbonyl (C=O) groups excluding carboxylic acids is 2. The standard InChI is InChI=1S/C18H29N3O3/c1-5-9-14(19)18(23)20-15(6-2)13-10-7-8-11-16(13)24-12-17(22)21(3)4/h7-8,10-11,14-15H,5-6,9,12,19H2,1-4H3,(H,20,23). The van der Waals surface area contributed by atoms with Crippen molar-refractivity contribution in [2.45, 2.75) is 45.2 Å². The van der Waals surface area contributed by atoms with Gasteiger partial charge >= 0.3 is 0 Å². The molecule has 24 heavy (non-hydrogen) atoms. The third kappa shape index (κ3) is 5.85. The Hall–Kier alpha value is -2.08. The maximum Gasteiger partial charge on any atom is 0.259 e. The van der Waals surface area contributed by atoms with Gasteiger partial charge in [-0.05, 0) is 18.9 Å². The number of hydrogen-bond donors (Lipinski definition) is 2. The maximum absolute atomic E-state index is 12.2. The molecule has 3 N–H and O–H groups in total. The van der Waals surface area contributed by atoms with E-state index in [2.05, 4.69) is 5.32 Å². The van der Waals surface area contributed by atoms with Crippen LogP contribution in [0.2, 0.25) is 0 Å². The van der Waals surface area contributed by atoms with E-state index in [0.29, 0.717) is 18.6 Å². The average Bonchev–Trinajstić information content (AvgIpc) is 2.57. The van der Waals surface area contributed by atoms with Crippen molar-refractivity contribution >= 4 is 11.8 Å². The van der Waals surface area contributed by atoms with Crippen molar-refractivity contribution in [2.24, 2.45) is 5.73 Å². The quantitative estimate of drug-likeness (QED) is 0.721. The zero-order valence-corrected chi connectivity index (χ0v) is 15.0. The van der Waals surface area contributed by atoms with Crippen LogP contribution in [0.5, 0.6) is 5.75 Å². The number of carbonyl (C=O) groups is 2. The van der Waals surface area contributed by atoms with Crippen molar-refractivity contribution in [1.29, 1.82) is 0 Å². The molecule has 0 saturated heterocycles. The van der Waals surface area contributed by atoms with E-state index in [1.807, 2.05) is 32.0 Å². The van der Waals surface area contributed by atoms with Crippen molar-refractivity contribution in [3.8, 4) is 5.75 Å². The van der Waals surface area contributed by atoms with Crippen LogP contribution in [0.4, 0.5) is 0 Å². The van der Waals surface area contributed by atoms with Crippen LogP contribution in [-0.2, 0) is 9.59 Å². The monoisotopic (exact) mass is 335 g/mol. The van der Waals surface area contributed by atoms with Gasteiger partial charge in [-0.25, -0.2) is 0 Å². The Labute approximate surface area is 144 Å².